The lowest BCUT2D eigenvalue weighted by Crippen LogP contribution is -2.28. The molecule has 0 amide bonds. The van der Waals surface area contributed by atoms with Gasteiger partial charge in [-0.25, -0.2) is 9.98 Å². The number of nitrogens with zero attached hydrogens (tertiary/aromatic N) is 2. The summed E-state index contributed by atoms with van der Waals surface area (Å²) in [6.45, 7) is 0. The van der Waals surface area contributed by atoms with Gasteiger partial charge in [0.25, 0.3) is 5.56 Å². The molecule has 150 valence electrons. The maximum atomic E-state index is 13.4. The van der Waals surface area contributed by atoms with Gasteiger partial charge in [-0.1, -0.05) is 48.2 Å². The van der Waals surface area contributed by atoms with Crippen LogP contribution in [0, 0.1) is 5.92 Å². The van der Waals surface area contributed by atoms with Crippen molar-refractivity contribution in [2.24, 2.45) is 10.9 Å². The van der Waals surface area contributed by atoms with E-state index < -0.39 is 12.0 Å². The number of aromatic nitrogens is 2. The summed E-state index contributed by atoms with van der Waals surface area (Å²) in [5.41, 5.74) is 2.70. The van der Waals surface area contributed by atoms with Crippen LogP contribution in [0.4, 0.5) is 11.5 Å². The Kier molecular flexibility index (Phi) is 4.43. The summed E-state index contributed by atoms with van der Waals surface area (Å²) in [5, 5.41) is 3.83. The zero-order valence-corrected chi connectivity index (χ0v) is 17.1. The number of anilines is 1. The van der Waals surface area contributed by atoms with Crippen LogP contribution in [0.25, 0.3) is 0 Å². The largest absolute Gasteiger partial charge is 0.497 e. The normalized spacial score (nSPS) is 19.1. The van der Waals surface area contributed by atoms with Gasteiger partial charge in [0.15, 0.2) is 22.4 Å². The lowest BCUT2D eigenvalue weighted by Gasteiger charge is -2.24. The van der Waals surface area contributed by atoms with E-state index in [9.17, 15) is 9.59 Å². The number of hydrogen-bond donors (Lipinski definition) is 2. The number of nitrogens with one attached hydrogen (secondary N) is 2. The number of fused-ring (bicyclic) bond motifs is 4. The minimum atomic E-state index is -0.567. The van der Waals surface area contributed by atoms with E-state index in [-0.39, 0.29) is 17.0 Å². The highest BCUT2D eigenvalue weighted by molar-refractivity contribution is 7.98. The molecule has 0 radical (unpaired) electrons. The minimum absolute atomic E-state index is 0.0213. The first kappa shape index (κ1) is 18.6. The molecule has 1 aliphatic heterocycles. The Balaban J connectivity index is 1.75. The Morgan fingerprint density at radius 2 is 1.77 bits per heavy atom. The number of methoxy groups -OCH3 is 1. The van der Waals surface area contributed by atoms with E-state index in [1.54, 1.807) is 13.2 Å². The SMILES string of the molecule is COc1ccc(C2Nc3nc(SC)[nH]c(=O)c3N=C3c4ccccc4C(=O)C32)cc1. The first-order chi connectivity index (χ1) is 14.6. The Hall–Kier alpha value is -3.39. The van der Waals surface area contributed by atoms with Crippen molar-refractivity contribution in [2.45, 2.75) is 11.2 Å². The van der Waals surface area contributed by atoms with Crippen LogP contribution in [-0.2, 0) is 0 Å². The van der Waals surface area contributed by atoms with Crippen LogP contribution >= 0.6 is 11.8 Å². The van der Waals surface area contributed by atoms with Crippen molar-refractivity contribution >= 4 is 34.8 Å². The molecule has 5 rings (SSSR count). The van der Waals surface area contributed by atoms with Gasteiger partial charge in [-0.2, -0.15) is 0 Å². The van der Waals surface area contributed by atoms with Gasteiger partial charge < -0.3 is 10.1 Å². The standard InChI is InChI=1S/C22H18N4O3S/c1-29-12-9-7-11(8-10-12)16-15-17(13-5-3-4-6-14(13)19(15)27)23-18-20(24-16)25-22(30-2)26-21(18)28/h3-10,15-16H,1-2H3,(H2,24,25,26,28). The second-order valence-corrected chi connectivity index (χ2v) is 7.85. The number of benzene rings is 2. The van der Waals surface area contributed by atoms with Crippen LogP contribution in [0.5, 0.6) is 5.75 Å². The molecule has 2 unspecified atom stereocenters. The zero-order valence-electron chi connectivity index (χ0n) is 16.3. The number of aromatic amines is 1. The third-order valence-corrected chi connectivity index (χ3v) is 6.02. The molecule has 1 aliphatic carbocycles. The van der Waals surface area contributed by atoms with Crippen LogP contribution < -0.4 is 15.6 Å². The molecule has 30 heavy (non-hydrogen) atoms. The van der Waals surface area contributed by atoms with Gasteiger partial charge in [-0.3, -0.25) is 14.6 Å². The predicted octanol–water partition coefficient (Wildman–Crippen LogP) is 3.60. The Morgan fingerprint density at radius 3 is 2.47 bits per heavy atom. The predicted molar refractivity (Wildman–Crippen MR) is 116 cm³/mol. The molecule has 0 spiro atoms. The summed E-state index contributed by atoms with van der Waals surface area (Å²) < 4.78 is 5.27. The number of aliphatic imine (C=N–C) groups is 1. The highest BCUT2D eigenvalue weighted by atomic mass is 32.2. The molecule has 0 bridgehead atoms. The number of Topliss-reactive ketones (excluding diaryl/α,β-unsaturated/α-hetero) is 1. The van der Waals surface area contributed by atoms with Crippen LogP contribution in [0.1, 0.15) is 27.5 Å². The van der Waals surface area contributed by atoms with Crippen LogP contribution in [-0.4, -0.2) is 34.8 Å². The summed E-state index contributed by atoms with van der Waals surface area (Å²) in [7, 11) is 1.61. The van der Waals surface area contributed by atoms with Crippen LogP contribution in [0.2, 0.25) is 0 Å². The maximum absolute atomic E-state index is 13.4. The number of H-pyrrole nitrogens is 1. The van der Waals surface area contributed by atoms with Crippen molar-refractivity contribution in [1.82, 2.24) is 9.97 Å². The molecule has 2 N–H and O–H groups in total. The van der Waals surface area contributed by atoms with Crippen molar-refractivity contribution in [3.63, 3.8) is 0 Å². The molecule has 0 saturated heterocycles. The van der Waals surface area contributed by atoms with Gasteiger partial charge in [0.1, 0.15) is 5.75 Å². The number of carbonyl (C=O) groups is 1. The zero-order chi connectivity index (χ0) is 20.8. The number of hydrogen-bond acceptors (Lipinski definition) is 7. The van der Waals surface area contributed by atoms with E-state index in [4.69, 9.17) is 4.74 Å². The van der Waals surface area contributed by atoms with Crippen molar-refractivity contribution in [2.75, 3.05) is 18.7 Å². The van der Waals surface area contributed by atoms with E-state index in [1.807, 2.05) is 48.7 Å². The van der Waals surface area contributed by atoms with Gasteiger partial charge in [0.2, 0.25) is 0 Å². The van der Waals surface area contributed by atoms with Gasteiger partial charge >= 0.3 is 0 Å². The summed E-state index contributed by atoms with van der Waals surface area (Å²) in [6, 6.07) is 14.5. The third-order valence-electron chi connectivity index (χ3n) is 5.44. The molecule has 1 aromatic heterocycles. The van der Waals surface area contributed by atoms with Crippen LogP contribution in [0.3, 0.4) is 0 Å². The first-order valence-corrected chi connectivity index (χ1v) is 10.6. The minimum Gasteiger partial charge on any atom is -0.497 e. The van der Waals surface area contributed by atoms with E-state index in [2.05, 4.69) is 20.3 Å². The molecule has 7 nitrogen and oxygen atoms in total. The van der Waals surface area contributed by atoms with Crippen molar-refractivity contribution in [3.05, 3.63) is 75.6 Å². The topological polar surface area (TPSA) is 96.4 Å². The lowest BCUT2D eigenvalue weighted by molar-refractivity contribution is 0.0952. The second-order valence-electron chi connectivity index (χ2n) is 7.05. The average Bonchev–Trinajstić information content (AvgIpc) is 2.94. The summed E-state index contributed by atoms with van der Waals surface area (Å²) in [5.74, 6) is 0.507. The molecular weight excluding hydrogens is 400 g/mol. The van der Waals surface area contributed by atoms with E-state index in [1.165, 1.54) is 11.8 Å². The Labute approximate surface area is 176 Å². The second kappa shape index (κ2) is 7.14. The van der Waals surface area contributed by atoms with E-state index >= 15 is 0 Å². The highest BCUT2D eigenvalue weighted by Crippen LogP contribution is 2.42. The third kappa shape index (κ3) is 2.83. The number of carbonyl (C=O) groups excluding carboxylic acids is 1. The number of rotatable bonds is 3. The molecule has 0 fully saturated rings. The fraction of sp³-hybridized carbons (Fsp3) is 0.182. The monoisotopic (exact) mass is 418 g/mol. The van der Waals surface area contributed by atoms with Gasteiger partial charge in [0.05, 0.1) is 24.8 Å². The van der Waals surface area contributed by atoms with Crippen molar-refractivity contribution < 1.29 is 9.53 Å². The quantitative estimate of drug-likeness (QED) is 0.498. The molecule has 3 aromatic rings. The number of ether oxygens (including phenoxy) is 1. The Morgan fingerprint density at radius 1 is 1.03 bits per heavy atom. The summed E-state index contributed by atoms with van der Waals surface area (Å²) in [4.78, 5) is 38.1. The van der Waals surface area contributed by atoms with Gasteiger partial charge in [0, 0.05) is 11.1 Å². The fourth-order valence-electron chi connectivity index (χ4n) is 4.01. The van der Waals surface area contributed by atoms with E-state index in [0.717, 1.165) is 16.9 Å². The summed E-state index contributed by atoms with van der Waals surface area (Å²) >= 11 is 1.34. The smallest absolute Gasteiger partial charge is 0.279 e. The lowest BCUT2D eigenvalue weighted by atomic mass is 9.88. The van der Waals surface area contributed by atoms with E-state index in [0.29, 0.717) is 22.2 Å². The van der Waals surface area contributed by atoms with Crippen LogP contribution in [0.15, 0.2) is 63.5 Å². The number of ketones is 1. The number of thioether (sulfide) groups is 1. The fourth-order valence-corrected chi connectivity index (χ4v) is 4.38. The maximum Gasteiger partial charge on any atom is 0.279 e. The molecule has 0 saturated carbocycles. The highest BCUT2D eigenvalue weighted by Gasteiger charge is 2.44. The molecular formula is C22H18N4O3S. The molecule has 8 heteroatoms. The molecule has 2 aromatic carbocycles. The first-order valence-electron chi connectivity index (χ1n) is 9.41. The van der Waals surface area contributed by atoms with Crippen molar-refractivity contribution in [3.8, 4) is 5.75 Å². The molecule has 2 heterocycles. The van der Waals surface area contributed by atoms with Gasteiger partial charge in [-0.15, -0.1) is 0 Å². The molecule has 2 aliphatic rings. The molecule has 2 atom stereocenters. The Bertz CT molecular complexity index is 1250. The van der Waals surface area contributed by atoms with Crippen molar-refractivity contribution in [1.29, 1.82) is 0 Å². The average molecular weight is 418 g/mol. The summed E-state index contributed by atoms with van der Waals surface area (Å²) in [6.07, 6.45) is 1.84. The van der Waals surface area contributed by atoms with Gasteiger partial charge in [-0.05, 0) is 24.0 Å².